The van der Waals surface area contributed by atoms with E-state index in [4.69, 9.17) is 15.2 Å². The molecule has 0 amide bonds. The summed E-state index contributed by atoms with van der Waals surface area (Å²) in [6.07, 6.45) is 1.68. The summed E-state index contributed by atoms with van der Waals surface area (Å²) in [5.74, 6) is 1.16. The molecule has 2 aromatic heterocycles. The van der Waals surface area contributed by atoms with Crippen LogP contribution in [0.2, 0.25) is 0 Å². The highest BCUT2D eigenvalue weighted by Gasteiger charge is 2.15. The lowest BCUT2D eigenvalue weighted by molar-refractivity contribution is 0.328. The van der Waals surface area contributed by atoms with Crippen molar-refractivity contribution in [3.8, 4) is 28.4 Å². The van der Waals surface area contributed by atoms with Gasteiger partial charge in [0, 0.05) is 41.5 Å². The molecule has 0 atom stereocenters. The van der Waals surface area contributed by atoms with Crippen LogP contribution in [0.4, 0.5) is 5.69 Å². The maximum atomic E-state index is 13.7. The summed E-state index contributed by atoms with van der Waals surface area (Å²) in [5.41, 5.74) is 9.69. The summed E-state index contributed by atoms with van der Waals surface area (Å²) >= 11 is 0. The number of ether oxygens (including phenoxy) is 2. The molecule has 2 heterocycles. The molecule has 0 bridgehead atoms. The molecular weight excluding hydrogens is 404 g/mol. The third-order valence-corrected chi connectivity index (χ3v) is 5.11. The van der Waals surface area contributed by atoms with Crippen molar-refractivity contribution in [2.75, 3.05) is 26.5 Å². The third-order valence-electron chi connectivity index (χ3n) is 5.11. The summed E-state index contributed by atoms with van der Waals surface area (Å²) in [5, 5.41) is 0.807. The number of hydrogen-bond acceptors (Lipinski definition) is 6. The van der Waals surface area contributed by atoms with Gasteiger partial charge in [-0.05, 0) is 61.0 Å². The lowest BCUT2D eigenvalue weighted by Gasteiger charge is -2.14. The first-order valence-corrected chi connectivity index (χ1v) is 10.2. The average molecular weight is 428 g/mol. The first-order chi connectivity index (χ1) is 15.5. The van der Waals surface area contributed by atoms with E-state index in [1.807, 2.05) is 55.5 Å². The molecule has 7 nitrogen and oxygen atoms in total. The van der Waals surface area contributed by atoms with E-state index in [1.54, 1.807) is 37.1 Å². The van der Waals surface area contributed by atoms with Crippen molar-refractivity contribution < 1.29 is 9.47 Å². The first-order valence-electron chi connectivity index (χ1n) is 10.2. The minimum absolute atomic E-state index is 0.201. The standard InChI is InChI=1S/C25H24N4O3/c1-4-32-23-12-6-17-14-21(16-5-11-22(26)18(13-16)15-27-2)25(30)29(24(17)28-23)19-7-9-20(31-3)10-8-19/h5-15H,4,26H2,1-3H3. The molecule has 162 valence electrons. The Morgan fingerprint density at radius 3 is 2.56 bits per heavy atom. The van der Waals surface area contributed by atoms with Crippen LogP contribution >= 0.6 is 0 Å². The van der Waals surface area contributed by atoms with E-state index in [-0.39, 0.29) is 5.56 Å². The van der Waals surface area contributed by atoms with Crippen LogP contribution in [0.1, 0.15) is 12.5 Å². The number of aliphatic imine (C=N–C) groups is 1. The number of pyridine rings is 2. The van der Waals surface area contributed by atoms with Crippen LogP contribution in [0.3, 0.4) is 0 Å². The van der Waals surface area contributed by atoms with Crippen LogP contribution in [0.5, 0.6) is 11.6 Å². The molecule has 0 spiro atoms. The Hall–Kier alpha value is -4.13. The fourth-order valence-electron chi connectivity index (χ4n) is 3.57. The van der Waals surface area contributed by atoms with Crippen molar-refractivity contribution in [1.82, 2.24) is 9.55 Å². The maximum absolute atomic E-state index is 13.7. The summed E-state index contributed by atoms with van der Waals surface area (Å²) < 4.78 is 12.4. The predicted molar refractivity (Wildman–Crippen MR) is 128 cm³/mol. The van der Waals surface area contributed by atoms with E-state index in [1.165, 1.54) is 0 Å². The van der Waals surface area contributed by atoms with Gasteiger partial charge in [-0.15, -0.1) is 0 Å². The van der Waals surface area contributed by atoms with Crippen LogP contribution in [0.25, 0.3) is 27.8 Å². The van der Waals surface area contributed by atoms with Gasteiger partial charge in [-0.25, -0.2) is 0 Å². The number of fused-ring (bicyclic) bond motifs is 1. The second kappa shape index (κ2) is 8.93. The number of hydrogen-bond donors (Lipinski definition) is 1. The smallest absolute Gasteiger partial charge is 0.264 e. The summed E-state index contributed by atoms with van der Waals surface area (Å²) in [4.78, 5) is 22.4. The molecule has 0 unspecified atom stereocenters. The van der Waals surface area contributed by atoms with Gasteiger partial charge in [-0.3, -0.25) is 14.4 Å². The van der Waals surface area contributed by atoms with Gasteiger partial charge in [0.05, 0.1) is 19.4 Å². The number of methoxy groups -OCH3 is 1. The van der Waals surface area contributed by atoms with Crippen LogP contribution in [-0.2, 0) is 0 Å². The third kappa shape index (κ3) is 3.92. The molecule has 0 fully saturated rings. The van der Waals surface area contributed by atoms with Gasteiger partial charge < -0.3 is 15.2 Å². The SMILES string of the molecule is CCOc1ccc2cc(-c3ccc(N)c(C=NC)c3)c(=O)n(-c3ccc(OC)cc3)c2n1. The number of benzene rings is 2. The molecule has 2 aromatic carbocycles. The minimum Gasteiger partial charge on any atom is -0.497 e. The summed E-state index contributed by atoms with van der Waals surface area (Å²) in [6, 6.07) is 18.3. The van der Waals surface area contributed by atoms with Crippen LogP contribution in [0.15, 0.2) is 70.5 Å². The van der Waals surface area contributed by atoms with Crippen molar-refractivity contribution in [2.45, 2.75) is 6.92 Å². The fourth-order valence-corrected chi connectivity index (χ4v) is 3.57. The van der Waals surface area contributed by atoms with Crippen molar-refractivity contribution in [3.63, 3.8) is 0 Å². The molecule has 0 saturated heterocycles. The van der Waals surface area contributed by atoms with E-state index in [0.29, 0.717) is 40.8 Å². The van der Waals surface area contributed by atoms with Gasteiger partial charge in [0.15, 0.2) is 5.65 Å². The van der Waals surface area contributed by atoms with Crippen molar-refractivity contribution in [1.29, 1.82) is 0 Å². The Morgan fingerprint density at radius 2 is 1.88 bits per heavy atom. The van der Waals surface area contributed by atoms with Gasteiger partial charge >= 0.3 is 0 Å². The lowest BCUT2D eigenvalue weighted by Crippen LogP contribution is -2.21. The molecule has 4 rings (SSSR count). The molecule has 0 radical (unpaired) electrons. The van der Waals surface area contributed by atoms with E-state index in [0.717, 1.165) is 16.5 Å². The van der Waals surface area contributed by atoms with Gasteiger partial charge in [0.1, 0.15) is 5.75 Å². The lowest BCUT2D eigenvalue weighted by atomic mass is 10.0. The second-order valence-corrected chi connectivity index (χ2v) is 7.12. The number of rotatable bonds is 6. The van der Waals surface area contributed by atoms with Crippen LogP contribution in [-0.4, -0.2) is 36.5 Å². The second-order valence-electron chi connectivity index (χ2n) is 7.12. The van der Waals surface area contributed by atoms with Crippen LogP contribution < -0.4 is 20.8 Å². The predicted octanol–water partition coefficient (Wildman–Crippen LogP) is 4.09. The minimum atomic E-state index is -0.201. The molecular formula is C25H24N4O3. The zero-order chi connectivity index (χ0) is 22.7. The molecule has 0 saturated carbocycles. The van der Waals surface area contributed by atoms with Gasteiger partial charge in [-0.2, -0.15) is 4.98 Å². The van der Waals surface area contributed by atoms with Crippen molar-refractivity contribution in [2.24, 2.45) is 4.99 Å². The van der Waals surface area contributed by atoms with E-state index in [2.05, 4.69) is 9.98 Å². The summed E-state index contributed by atoms with van der Waals surface area (Å²) in [6.45, 7) is 2.38. The fraction of sp³-hybridized carbons (Fsp3) is 0.160. The highest BCUT2D eigenvalue weighted by atomic mass is 16.5. The largest absolute Gasteiger partial charge is 0.497 e. The molecule has 0 aliphatic carbocycles. The molecule has 2 N–H and O–H groups in total. The number of nitrogens with two attached hydrogens (primary N) is 1. The quantitative estimate of drug-likeness (QED) is 0.369. The zero-order valence-corrected chi connectivity index (χ0v) is 18.2. The zero-order valence-electron chi connectivity index (χ0n) is 18.2. The monoisotopic (exact) mass is 428 g/mol. The van der Waals surface area contributed by atoms with Crippen molar-refractivity contribution >= 4 is 22.9 Å². The van der Waals surface area contributed by atoms with Crippen LogP contribution in [0, 0.1) is 0 Å². The Bertz CT molecular complexity index is 1360. The molecule has 32 heavy (non-hydrogen) atoms. The van der Waals surface area contributed by atoms with Gasteiger partial charge in [0.2, 0.25) is 5.88 Å². The Kier molecular flexibility index (Phi) is 5.89. The number of nitrogen functional groups attached to an aromatic ring is 1. The Labute approximate surface area is 185 Å². The van der Waals surface area contributed by atoms with Gasteiger partial charge in [0.25, 0.3) is 5.56 Å². The topological polar surface area (TPSA) is 91.7 Å². The number of anilines is 1. The Balaban J connectivity index is 2.02. The summed E-state index contributed by atoms with van der Waals surface area (Å²) in [7, 11) is 3.28. The molecule has 4 aromatic rings. The highest BCUT2D eigenvalue weighted by molar-refractivity contribution is 5.90. The van der Waals surface area contributed by atoms with Crippen molar-refractivity contribution in [3.05, 3.63) is 76.6 Å². The first kappa shape index (κ1) is 21.1. The highest BCUT2D eigenvalue weighted by Crippen LogP contribution is 2.27. The van der Waals surface area contributed by atoms with Gasteiger partial charge in [-0.1, -0.05) is 6.07 Å². The molecule has 0 aliphatic rings. The van der Waals surface area contributed by atoms with E-state index < -0.39 is 0 Å². The molecule has 0 aliphatic heterocycles. The molecule has 7 heteroatoms. The number of aromatic nitrogens is 2. The maximum Gasteiger partial charge on any atom is 0.264 e. The van der Waals surface area contributed by atoms with E-state index >= 15 is 0 Å². The average Bonchev–Trinajstić information content (AvgIpc) is 2.81. The van der Waals surface area contributed by atoms with E-state index in [9.17, 15) is 4.79 Å². The normalized spacial score (nSPS) is 11.2. The Morgan fingerprint density at radius 1 is 1.09 bits per heavy atom. The number of nitrogens with zero attached hydrogens (tertiary/aromatic N) is 3.